The lowest BCUT2D eigenvalue weighted by atomic mass is 10.8. The van der Waals surface area contributed by atoms with Crippen molar-refractivity contribution >= 4 is 21.4 Å². The fourth-order valence-corrected chi connectivity index (χ4v) is 1.23. The van der Waals surface area contributed by atoms with Gasteiger partial charge >= 0.3 is 0 Å². The summed E-state index contributed by atoms with van der Waals surface area (Å²) in [6.07, 6.45) is 2.01. The van der Waals surface area contributed by atoms with Gasteiger partial charge < -0.3 is 4.43 Å². The second-order valence-electron chi connectivity index (χ2n) is 1.33. The zero-order valence-corrected chi connectivity index (χ0v) is 7.23. The zero-order valence-electron chi connectivity index (χ0n) is 5.06. The molecule has 0 aromatic heterocycles. The zero-order chi connectivity index (χ0) is 6.24. The molecule has 0 aliphatic rings. The smallest absolute Gasteiger partial charge is 0.184 e. The van der Waals surface area contributed by atoms with E-state index in [9.17, 15) is 0 Å². The Hall–Kier alpha value is 0.207. The molecule has 0 aliphatic heterocycles. The maximum Gasteiger partial charge on any atom is 0.184 e. The lowest BCUT2D eigenvalue weighted by molar-refractivity contribution is 0.369. The minimum atomic E-state index is -0.365. The third-order valence-corrected chi connectivity index (χ3v) is 2.01. The molecule has 0 rings (SSSR count). The molecular weight excluding hydrogens is 140 g/mol. The second kappa shape index (κ2) is 7.21. The third kappa shape index (κ3) is 6.21. The maximum absolute atomic E-state index is 5.35. The number of alkyl halides is 1. The van der Waals surface area contributed by atoms with E-state index in [-0.39, 0.29) is 9.76 Å². The van der Waals surface area contributed by atoms with Gasteiger partial charge in [0, 0.05) is 12.5 Å². The molecule has 0 radical (unpaired) electrons. The van der Waals surface area contributed by atoms with Crippen LogP contribution in [-0.4, -0.2) is 22.3 Å². The Kier molecular flexibility index (Phi) is 7.39. The predicted octanol–water partition coefficient (Wildman–Crippen LogP) is 0.859. The van der Waals surface area contributed by atoms with Crippen molar-refractivity contribution < 1.29 is 4.43 Å². The number of hydrogen-bond donors (Lipinski definition) is 0. The van der Waals surface area contributed by atoms with Crippen LogP contribution >= 0.6 is 11.6 Å². The van der Waals surface area contributed by atoms with Crippen molar-refractivity contribution in [2.24, 2.45) is 0 Å². The third-order valence-electron chi connectivity index (χ3n) is 0.671. The predicted molar refractivity (Wildman–Crippen MR) is 40.0 cm³/mol. The van der Waals surface area contributed by atoms with Gasteiger partial charge in [-0.05, 0) is 6.92 Å². The van der Waals surface area contributed by atoms with E-state index in [1.54, 1.807) is 0 Å². The Balaban J connectivity index is 2.72. The van der Waals surface area contributed by atoms with Gasteiger partial charge in [0.05, 0.1) is 0 Å². The number of hydrogen-bond acceptors (Lipinski definition) is 1. The van der Waals surface area contributed by atoms with E-state index >= 15 is 0 Å². The summed E-state index contributed by atoms with van der Waals surface area (Å²) in [7, 11) is -0.365. The Morgan fingerprint density at radius 1 is 1.75 bits per heavy atom. The summed E-state index contributed by atoms with van der Waals surface area (Å²) in [4.78, 5) is 0. The minimum Gasteiger partial charge on any atom is -0.418 e. The molecule has 0 unspecified atom stereocenters. The fourth-order valence-electron chi connectivity index (χ4n) is 0.302. The molecular formula is C5H11ClOSi. The van der Waals surface area contributed by atoms with Crippen LogP contribution in [0.5, 0.6) is 0 Å². The Bertz CT molecular complexity index is 65.4. The highest BCUT2D eigenvalue weighted by Crippen LogP contribution is 1.76. The van der Waals surface area contributed by atoms with Crippen molar-refractivity contribution in [3.63, 3.8) is 0 Å². The van der Waals surface area contributed by atoms with Crippen LogP contribution in [0.2, 0.25) is 0 Å². The van der Waals surface area contributed by atoms with Crippen molar-refractivity contribution in [3.05, 3.63) is 11.8 Å². The van der Waals surface area contributed by atoms with Crippen LogP contribution in [0.15, 0.2) is 11.8 Å². The molecule has 0 spiro atoms. The summed E-state index contributed by atoms with van der Waals surface area (Å²) in [6, 6.07) is 0. The van der Waals surface area contributed by atoms with Crippen molar-refractivity contribution in [2.75, 3.05) is 12.5 Å². The molecule has 1 nitrogen and oxygen atoms in total. The van der Waals surface area contributed by atoms with E-state index in [4.69, 9.17) is 16.0 Å². The van der Waals surface area contributed by atoms with Gasteiger partial charge in [-0.2, -0.15) is 0 Å². The van der Waals surface area contributed by atoms with Crippen LogP contribution < -0.4 is 0 Å². The van der Waals surface area contributed by atoms with Crippen LogP contribution in [0.4, 0.5) is 0 Å². The SMILES string of the molecule is CC=C[SiH2]OCCCl. The molecule has 0 saturated carbocycles. The van der Waals surface area contributed by atoms with Crippen LogP contribution in [0.25, 0.3) is 0 Å². The van der Waals surface area contributed by atoms with Crippen LogP contribution in [0, 0.1) is 0 Å². The lowest BCUT2D eigenvalue weighted by Gasteiger charge is -1.92. The summed E-state index contributed by atoms with van der Waals surface area (Å²) < 4.78 is 5.14. The van der Waals surface area contributed by atoms with E-state index in [1.165, 1.54) is 0 Å². The van der Waals surface area contributed by atoms with E-state index in [0.717, 1.165) is 0 Å². The van der Waals surface area contributed by atoms with Crippen LogP contribution in [0.3, 0.4) is 0 Å². The summed E-state index contributed by atoms with van der Waals surface area (Å²) in [5.74, 6) is 0.616. The fraction of sp³-hybridized carbons (Fsp3) is 0.600. The molecule has 0 N–H and O–H groups in total. The first-order valence-electron chi connectivity index (χ1n) is 2.66. The molecule has 0 fully saturated rings. The number of rotatable bonds is 4. The molecule has 0 amide bonds. The summed E-state index contributed by atoms with van der Waals surface area (Å²) in [5, 5.41) is 0. The van der Waals surface area contributed by atoms with Gasteiger partial charge in [0.2, 0.25) is 0 Å². The van der Waals surface area contributed by atoms with Crippen molar-refractivity contribution in [1.82, 2.24) is 0 Å². The first-order chi connectivity index (χ1) is 3.91. The molecule has 0 saturated heterocycles. The highest BCUT2D eigenvalue weighted by Gasteiger charge is 1.78. The van der Waals surface area contributed by atoms with E-state index in [2.05, 4.69) is 5.70 Å². The Morgan fingerprint density at radius 3 is 3.00 bits per heavy atom. The Labute approximate surface area is 57.6 Å². The molecule has 0 aromatic rings. The number of halogens is 1. The van der Waals surface area contributed by atoms with E-state index in [1.807, 2.05) is 13.0 Å². The maximum atomic E-state index is 5.35. The van der Waals surface area contributed by atoms with Crippen molar-refractivity contribution in [1.29, 1.82) is 0 Å². The van der Waals surface area contributed by atoms with Crippen LogP contribution in [-0.2, 0) is 4.43 Å². The summed E-state index contributed by atoms with van der Waals surface area (Å²) in [5.41, 5.74) is 2.09. The van der Waals surface area contributed by atoms with Gasteiger partial charge in [-0.1, -0.05) is 11.8 Å². The number of allylic oxidation sites excluding steroid dienone is 1. The van der Waals surface area contributed by atoms with E-state index < -0.39 is 0 Å². The normalized spacial score (nSPS) is 12.2. The minimum absolute atomic E-state index is 0.365. The van der Waals surface area contributed by atoms with Gasteiger partial charge in [-0.15, -0.1) is 11.6 Å². The van der Waals surface area contributed by atoms with Gasteiger partial charge in [0.15, 0.2) is 9.76 Å². The van der Waals surface area contributed by atoms with Gasteiger partial charge in [0.1, 0.15) is 0 Å². The largest absolute Gasteiger partial charge is 0.418 e. The topological polar surface area (TPSA) is 9.23 Å². The lowest BCUT2D eigenvalue weighted by Crippen LogP contribution is -1.97. The monoisotopic (exact) mass is 150 g/mol. The Morgan fingerprint density at radius 2 is 2.50 bits per heavy atom. The second-order valence-corrected chi connectivity index (χ2v) is 2.92. The highest BCUT2D eigenvalue weighted by molar-refractivity contribution is 6.34. The van der Waals surface area contributed by atoms with Gasteiger partial charge in [-0.25, -0.2) is 0 Å². The molecule has 0 heterocycles. The van der Waals surface area contributed by atoms with Crippen LogP contribution in [0.1, 0.15) is 6.92 Å². The average Bonchev–Trinajstić information content (AvgIpc) is 1.81. The molecule has 8 heavy (non-hydrogen) atoms. The quantitative estimate of drug-likeness (QED) is 0.328. The van der Waals surface area contributed by atoms with Crippen molar-refractivity contribution in [2.45, 2.75) is 6.92 Å². The molecule has 0 aromatic carbocycles. The van der Waals surface area contributed by atoms with E-state index in [0.29, 0.717) is 12.5 Å². The molecule has 0 bridgehead atoms. The first kappa shape index (κ1) is 8.21. The molecule has 0 atom stereocenters. The van der Waals surface area contributed by atoms with Crippen molar-refractivity contribution in [3.8, 4) is 0 Å². The molecule has 48 valence electrons. The first-order valence-corrected chi connectivity index (χ1v) is 4.59. The van der Waals surface area contributed by atoms with Gasteiger partial charge in [0.25, 0.3) is 0 Å². The highest BCUT2D eigenvalue weighted by atomic mass is 35.5. The average molecular weight is 151 g/mol. The molecule has 3 heteroatoms. The summed E-state index contributed by atoms with van der Waals surface area (Å²) in [6.45, 7) is 2.70. The standard InChI is InChI=1S/C5H11ClOSi/c1-2-5-8-7-4-3-6/h2,5H,3-4,8H2,1H3. The van der Waals surface area contributed by atoms with Gasteiger partial charge in [-0.3, -0.25) is 0 Å². The molecule has 0 aliphatic carbocycles. The summed E-state index contributed by atoms with van der Waals surface area (Å²) >= 11 is 5.35.